The maximum absolute atomic E-state index is 13.3. The van der Waals surface area contributed by atoms with Gasteiger partial charge < -0.3 is 0 Å². The van der Waals surface area contributed by atoms with E-state index in [9.17, 15) is 13.6 Å². The molecule has 0 bridgehead atoms. The Balaban J connectivity index is 2.27. The van der Waals surface area contributed by atoms with Gasteiger partial charge in [-0.2, -0.15) is 0 Å². The number of ketones is 1. The Bertz CT molecular complexity index is 676. The molecule has 0 saturated carbocycles. The maximum Gasteiger partial charge on any atom is 0.239 e. The zero-order valence-electron chi connectivity index (χ0n) is 10.2. The Hall–Kier alpha value is -2.47. The largest absolute Gasteiger partial charge is 0.279 e. The van der Waals surface area contributed by atoms with Gasteiger partial charge in [-0.05, 0) is 43.2 Å². The van der Waals surface area contributed by atoms with Gasteiger partial charge in [0.15, 0.2) is 0 Å². The molecule has 2 rings (SSSR count). The summed E-state index contributed by atoms with van der Waals surface area (Å²) in [6, 6.07) is 9.96. The van der Waals surface area contributed by atoms with Gasteiger partial charge in [0.25, 0.3) is 0 Å². The van der Waals surface area contributed by atoms with Crippen LogP contribution in [-0.2, 0) is 0 Å². The standard InChI is InChI=1S/C16H10F2O/c1-11-2-4-12(5-3-11)6-9-16(19)14-10-13(17)7-8-15(14)18/h2-5,7-8,10H,1H3. The number of hydrogen-bond acceptors (Lipinski definition) is 1. The van der Waals surface area contributed by atoms with Crippen LogP contribution in [0.15, 0.2) is 42.5 Å². The summed E-state index contributed by atoms with van der Waals surface area (Å²) in [7, 11) is 0. The summed E-state index contributed by atoms with van der Waals surface area (Å²) in [4.78, 5) is 11.7. The lowest BCUT2D eigenvalue weighted by Crippen LogP contribution is -2.00. The molecule has 0 atom stereocenters. The highest BCUT2D eigenvalue weighted by Gasteiger charge is 2.10. The fourth-order valence-electron chi connectivity index (χ4n) is 1.50. The molecule has 0 aromatic heterocycles. The smallest absolute Gasteiger partial charge is 0.239 e. The maximum atomic E-state index is 13.3. The summed E-state index contributed by atoms with van der Waals surface area (Å²) in [6.45, 7) is 1.94. The minimum absolute atomic E-state index is 0.348. The van der Waals surface area contributed by atoms with E-state index >= 15 is 0 Å². The third-order valence-corrected chi connectivity index (χ3v) is 2.54. The van der Waals surface area contributed by atoms with Crippen molar-refractivity contribution in [2.75, 3.05) is 0 Å². The number of hydrogen-bond donors (Lipinski definition) is 0. The monoisotopic (exact) mass is 256 g/mol. The second-order valence-corrected chi connectivity index (χ2v) is 4.07. The molecule has 0 aliphatic carbocycles. The topological polar surface area (TPSA) is 17.1 Å². The molecule has 0 N–H and O–H groups in total. The average molecular weight is 256 g/mol. The van der Waals surface area contributed by atoms with Gasteiger partial charge in [0.2, 0.25) is 5.78 Å². The summed E-state index contributed by atoms with van der Waals surface area (Å²) >= 11 is 0. The van der Waals surface area contributed by atoms with Crippen LogP contribution in [0.25, 0.3) is 0 Å². The molecule has 0 unspecified atom stereocenters. The number of carbonyl (C=O) groups is 1. The molecule has 0 aliphatic heterocycles. The highest BCUT2D eigenvalue weighted by molar-refractivity contribution is 6.09. The minimum atomic E-state index is -0.774. The van der Waals surface area contributed by atoms with Gasteiger partial charge in [-0.1, -0.05) is 23.6 Å². The van der Waals surface area contributed by atoms with E-state index in [1.54, 1.807) is 12.1 Å². The molecule has 0 aliphatic rings. The Morgan fingerprint density at radius 2 is 1.74 bits per heavy atom. The van der Waals surface area contributed by atoms with Crippen molar-refractivity contribution in [3.63, 3.8) is 0 Å². The number of benzene rings is 2. The quantitative estimate of drug-likeness (QED) is 0.563. The number of aryl methyl sites for hydroxylation is 1. The third kappa shape index (κ3) is 3.26. The first-order chi connectivity index (χ1) is 9.06. The number of rotatable bonds is 1. The van der Waals surface area contributed by atoms with E-state index in [1.165, 1.54) is 0 Å². The lowest BCUT2D eigenvalue weighted by Gasteiger charge is -1.96. The molecule has 3 heteroatoms. The van der Waals surface area contributed by atoms with Crippen molar-refractivity contribution in [1.82, 2.24) is 0 Å². The predicted octanol–water partition coefficient (Wildman–Crippen LogP) is 3.51. The van der Waals surface area contributed by atoms with Crippen molar-refractivity contribution >= 4 is 5.78 Å². The molecule has 2 aromatic rings. The summed E-state index contributed by atoms with van der Waals surface area (Å²) in [5.74, 6) is 2.76. The fourth-order valence-corrected chi connectivity index (χ4v) is 1.50. The van der Waals surface area contributed by atoms with Crippen molar-refractivity contribution in [1.29, 1.82) is 0 Å². The van der Waals surface area contributed by atoms with Crippen molar-refractivity contribution in [2.45, 2.75) is 6.92 Å². The van der Waals surface area contributed by atoms with Crippen molar-refractivity contribution in [3.05, 3.63) is 70.8 Å². The van der Waals surface area contributed by atoms with Crippen LogP contribution >= 0.6 is 0 Å². The first-order valence-electron chi connectivity index (χ1n) is 5.64. The first kappa shape index (κ1) is 13.0. The van der Waals surface area contributed by atoms with Crippen LogP contribution in [0.4, 0.5) is 8.78 Å². The van der Waals surface area contributed by atoms with Gasteiger partial charge in [0, 0.05) is 5.56 Å². The number of carbonyl (C=O) groups excluding carboxylic acids is 1. The van der Waals surface area contributed by atoms with E-state index in [1.807, 2.05) is 19.1 Å². The minimum Gasteiger partial charge on any atom is -0.279 e. The van der Waals surface area contributed by atoms with Crippen LogP contribution in [-0.4, -0.2) is 5.78 Å². The highest BCUT2D eigenvalue weighted by atomic mass is 19.1. The van der Waals surface area contributed by atoms with Crippen molar-refractivity contribution in [2.24, 2.45) is 0 Å². The molecule has 94 valence electrons. The molecule has 0 fully saturated rings. The van der Waals surface area contributed by atoms with E-state index in [4.69, 9.17) is 0 Å². The molecule has 0 radical (unpaired) electrons. The first-order valence-corrected chi connectivity index (χ1v) is 5.64. The molecule has 2 aromatic carbocycles. The number of Topliss-reactive ketones (excluding diaryl/α,β-unsaturated/α-hetero) is 1. The molecule has 0 heterocycles. The fraction of sp³-hybridized carbons (Fsp3) is 0.0625. The normalized spacial score (nSPS) is 9.63. The Labute approximate surface area is 109 Å². The molecule has 0 spiro atoms. The highest BCUT2D eigenvalue weighted by Crippen LogP contribution is 2.10. The van der Waals surface area contributed by atoms with Gasteiger partial charge in [0.05, 0.1) is 5.56 Å². The van der Waals surface area contributed by atoms with E-state index < -0.39 is 17.4 Å². The molecule has 19 heavy (non-hydrogen) atoms. The van der Waals surface area contributed by atoms with Gasteiger partial charge in [0.1, 0.15) is 11.6 Å². The van der Waals surface area contributed by atoms with Crippen molar-refractivity contribution < 1.29 is 13.6 Å². The average Bonchev–Trinajstić information content (AvgIpc) is 2.40. The molecular formula is C16H10F2O. The van der Waals surface area contributed by atoms with Gasteiger partial charge in [-0.3, -0.25) is 4.79 Å². The van der Waals surface area contributed by atoms with E-state index in [0.717, 1.165) is 23.8 Å². The summed E-state index contributed by atoms with van der Waals surface area (Å²) in [6.07, 6.45) is 0. The van der Waals surface area contributed by atoms with Crippen LogP contribution in [0.1, 0.15) is 21.5 Å². The van der Waals surface area contributed by atoms with Gasteiger partial charge in [-0.25, -0.2) is 8.78 Å². The van der Waals surface area contributed by atoms with E-state index in [2.05, 4.69) is 11.8 Å². The Morgan fingerprint density at radius 1 is 1.05 bits per heavy atom. The Morgan fingerprint density at radius 3 is 2.42 bits per heavy atom. The summed E-state index contributed by atoms with van der Waals surface area (Å²) < 4.78 is 26.3. The number of halogens is 2. The van der Waals surface area contributed by atoms with Gasteiger partial charge in [-0.15, -0.1) is 0 Å². The zero-order valence-corrected chi connectivity index (χ0v) is 10.2. The molecule has 0 amide bonds. The lowest BCUT2D eigenvalue weighted by atomic mass is 10.1. The summed E-state index contributed by atoms with van der Waals surface area (Å²) in [5, 5.41) is 0. The molecule has 0 saturated heterocycles. The van der Waals surface area contributed by atoms with E-state index in [0.29, 0.717) is 5.56 Å². The van der Waals surface area contributed by atoms with Gasteiger partial charge >= 0.3 is 0 Å². The second-order valence-electron chi connectivity index (χ2n) is 4.07. The molecule has 1 nitrogen and oxygen atoms in total. The van der Waals surface area contributed by atoms with Crippen LogP contribution < -0.4 is 0 Å². The van der Waals surface area contributed by atoms with Crippen LogP contribution in [0.2, 0.25) is 0 Å². The molecular weight excluding hydrogens is 246 g/mol. The van der Waals surface area contributed by atoms with Crippen molar-refractivity contribution in [3.8, 4) is 11.8 Å². The SMILES string of the molecule is Cc1ccc(C#CC(=O)c2cc(F)ccc2F)cc1. The third-order valence-electron chi connectivity index (χ3n) is 2.54. The van der Waals surface area contributed by atoms with Crippen LogP contribution in [0, 0.1) is 30.4 Å². The second kappa shape index (κ2) is 5.45. The van der Waals surface area contributed by atoms with E-state index in [-0.39, 0.29) is 5.56 Å². The lowest BCUT2D eigenvalue weighted by molar-refractivity contribution is 0.105. The van der Waals surface area contributed by atoms with Crippen LogP contribution in [0.3, 0.4) is 0 Å². The Kier molecular flexibility index (Phi) is 3.72. The zero-order chi connectivity index (χ0) is 13.8. The predicted molar refractivity (Wildman–Crippen MR) is 68.7 cm³/mol. The summed E-state index contributed by atoms with van der Waals surface area (Å²) in [5.41, 5.74) is 1.38. The van der Waals surface area contributed by atoms with Crippen LogP contribution in [0.5, 0.6) is 0 Å².